The fourth-order valence-corrected chi connectivity index (χ4v) is 3.40. The first-order valence-electron chi connectivity index (χ1n) is 7.09. The number of ether oxygens (including phenoxy) is 1. The molecule has 0 bridgehead atoms. The van der Waals surface area contributed by atoms with Crippen molar-refractivity contribution in [2.75, 3.05) is 6.61 Å². The van der Waals surface area contributed by atoms with Gasteiger partial charge in [-0.25, -0.2) is 4.98 Å². The molecule has 0 saturated carbocycles. The van der Waals surface area contributed by atoms with Gasteiger partial charge in [0.2, 0.25) is 5.91 Å². The first-order chi connectivity index (χ1) is 10.2. The molecule has 3 rings (SSSR count). The molecule has 0 aliphatic carbocycles. The number of thiophene rings is 1. The predicted molar refractivity (Wildman–Crippen MR) is 81.2 cm³/mol. The highest BCUT2D eigenvalue weighted by molar-refractivity contribution is 7.10. The topological polar surface area (TPSA) is 56.1 Å². The minimum absolute atomic E-state index is 0.0130. The fourth-order valence-electron chi connectivity index (χ4n) is 2.62. The minimum Gasteiger partial charge on any atom is -0.368 e. The Morgan fingerprint density at radius 2 is 2.48 bits per heavy atom. The molecule has 2 aromatic rings. The number of hydrogen-bond donors (Lipinski definition) is 1. The molecule has 5 nitrogen and oxygen atoms in total. The van der Waals surface area contributed by atoms with Gasteiger partial charge < -0.3 is 14.6 Å². The van der Waals surface area contributed by atoms with E-state index in [4.69, 9.17) is 4.74 Å². The molecular weight excluding hydrogens is 286 g/mol. The maximum absolute atomic E-state index is 12.4. The molecule has 6 heteroatoms. The van der Waals surface area contributed by atoms with E-state index in [1.165, 1.54) is 0 Å². The molecule has 3 atom stereocenters. The van der Waals surface area contributed by atoms with E-state index < -0.39 is 0 Å². The van der Waals surface area contributed by atoms with E-state index in [1.807, 2.05) is 42.2 Å². The molecule has 1 amide bonds. The van der Waals surface area contributed by atoms with Crippen molar-refractivity contribution in [3.63, 3.8) is 0 Å². The third-order valence-corrected chi connectivity index (χ3v) is 4.95. The second-order valence-electron chi connectivity index (χ2n) is 5.33. The average Bonchev–Trinajstić information content (AvgIpc) is 3.18. The highest BCUT2D eigenvalue weighted by Crippen LogP contribution is 2.29. The van der Waals surface area contributed by atoms with Crippen molar-refractivity contribution in [1.29, 1.82) is 0 Å². The molecule has 1 aliphatic heterocycles. The molecule has 0 spiro atoms. The zero-order valence-electron chi connectivity index (χ0n) is 12.2. The van der Waals surface area contributed by atoms with E-state index >= 15 is 0 Å². The molecule has 1 aliphatic rings. The molecule has 1 fully saturated rings. The van der Waals surface area contributed by atoms with Crippen LogP contribution in [0.1, 0.15) is 36.1 Å². The van der Waals surface area contributed by atoms with Crippen molar-refractivity contribution in [3.05, 3.63) is 40.6 Å². The van der Waals surface area contributed by atoms with Crippen molar-refractivity contribution >= 4 is 17.2 Å². The van der Waals surface area contributed by atoms with E-state index in [-0.39, 0.29) is 24.0 Å². The van der Waals surface area contributed by atoms with E-state index in [2.05, 4.69) is 10.3 Å². The highest BCUT2D eigenvalue weighted by Gasteiger charge is 2.34. The quantitative estimate of drug-likeness (QED) is 0.942. The van der Waals surface area contributed by atoms with Crippen LogP contribution in [0.15, 0.2) is 29.9 Å². The van der Waals surface area contributed by atoms with Crippen LogP contribution < -0.4 is 5.32 Å². The van der Waals surface area contributed by atoms with Gasteiger partial charge in [-0.1, -0.05) is 6.07 Å². The number of rotatable bonds is 4. The average molecular weight is 305 g/mol. The molecule has 3 heterocycles. The Labute approximate surface area is 128 Å². The summed E-state index contributed by atoms with van der Waals surface area (Å²) in [5, 5.41) is 5.12. The summed E-state index contributed by atoms with van der Waals surface area (Å²) in [6.07, 6.45) is 4.30. The van der Waals surface area contributed by atoms with E-state index in [0.717, 1.165) is 17.1 Å². The van der Waals surface area contributed by atoms with Gasteiger partial charge in [-0.3, -0.25) is 4.79 Å². The molecule has 1 unspecified atom stereocenters. The van der Waals surface area contributed by atoms with Crippen LogP contribution in [0.25, 0.3) is 0 Å². The number of nitrogens with zero attached hydrogens (tertiary/aromatic N) is 2. The molecule has 1 N–H and O–H groups in total. The van der Waals surface area contributed by atoms with Crippen LogP contribution in [-0.2, 0) is 16.6 Å². The molecule has 0 aromatic carbocycles. The van der Waals surface area contributed by atoms with E-state index in [9.17, 15) is 4.79 Å². The maximum Gasteiger partial charge on any atom is 0.228 e. The summed E-state index contributed by atoms with van der Waals surface area (Å²) in [4.78, 5) is 17.8. The molecule has 2 aromatic heterocycles. The molecule has 0 radical (unpaired) electrons. The zero-order chi connectivity index (χ0) is 14.8. The Hall–Kier alpha value is -1.66. The number of aromatic nitrogens is 2. The number of carbonyl (C=O) groups excluding carboxylic acids is 1. The van der Waals surface area contributed by atoms with Gasteiger partial charge in [-0.15, -0.1) is 11.3 Å². The summed E-state index contributed by atoms with van der Waals surface area (Å²) >= 11 is 1.61. The number of aryl methyl sites for hydroxylation is 1. The van der Waals surface area contributed by atoms with Crippen molar-refractivity contribution in [2.45, 2.75) is 31.4 Å². The van der Waals surface area contributed by atoms with Gasteiger partial charge in [0, 0.05) is 30.9 Å². The zero-order valence-corrected chi connectivity index (χ0v) is 13.0. The van der Waals surface area contributed by atoms with Crippen molar-refractivity contribution < 1.29 is 9.53 Å². The van der Waals surface area contributed by atoms with Crippen LogP contribution in [0.4, 0.5) is 0 Å². The molecule has 112 valence electrons. The van der Waals surface area contributed by atoms with Gasteiger partial charge in [0.25, 0.3) is 0 Å². The Morgan fingerprint density at radius 1 is 1.62 bits per heavy atom. The summed E-state index contributed by atoms with van der Waals surface area (Å²) in [5.74, 6) is 0.779. The predicted octanol–water partition coefficient (Wildman–Crippen LogP) is 2.23. The van der Waals surface area contributed by atoms with Crippen molar-refractivity contribution in [2.24, 2.45) is 7.05 Å². The molecular formula is C15H19N3O2S. The van der Waals surface area contributed by atoms with Gasteiger partial charge in [-0.05, 0) is 24.8 Å². The monoisotopic (exact) mass is 305 g/mol. The smallest absolute Gasteiger partial charge is 0.228 e. The molecule has 1 saturated heterocycles. The third-order valence-electron chi connectivity index (χ3n) is 3.90. The number of amides is 1. The molecule has 21 heavy (non-hydrogen) atoms. The van der Waals surface area contributed by atoms with Crippen LogP contribution in [0.2, 0.25) is 0 Å². The second-order valence-corrected chi connectivity index (χ2v) is 6.31. The number of hydrogen-bond acceptors (Lipinski definition) is 4. The lowest BCUT2D eigenvalue weighted by Crippen LogP contribution is -2.39. The number of carbonyl (C=O) groups is 1. The summed E-state index contributed by atoms with van der Waals surface area (Å²) in [5.41, 5.74) is 0. The Kier molecular flexibility index (Phi) is 4.07. The van der Waals surface area contributed by atoms with Crippen LogP contribution in [0.5, 0.6) is 0 Å². The van der Waals surface area contributed by atoms with Crippen molar-refractivity contribution in [3.8, 4) is 0 Å². The van der Waals surface area contributed by atoms with Gasteiger partial charge in [0.1, 0.15) is 11.9 Å². The van der Waals surface area contributed by atoms with Crippen LogP contribution in [0.3, 0.4) is 0 Å². The first kappa shape index (κ1) is 14.3. The van der Waals surface area contributed by atoms with Crippen LogP contribution in [-0.4, -0.2) is 28.1 Å². The van der Waals surface area contributed by atoms with E-state index in [1.54, 1.807) is 17.5 Å². The first-order valence-corrected chi connectivity index (χ1v) is 7.97. The normalized spacial score (nSPS) is 23.1. The highest BCUT2D eigenvalue weighted by atomic mass is 32.1. The van der Waals surface area contributed by atoms with Crippen molar-refractivity contribution in [1.82, 2.24) is 14.9 Å². The summed E-state index contributed by atoms with van der Waals surface area (Å²) in [6.45, 7) is 2.59. The Morgan fingerprint density at radius 3 is 3.14 bits per heavy atom. The summed E-state index contributed by atoms with van der Waals surface area (Å²) < 4.78 is 7.71. The van der Waals surface area contributed by atoms with Crippen LogP contribution >= 0.6 is 11.3 Å². The van der Waals surface area contributed by atoms with Gasteiger partial charge >= 0.3 is 0 Å². The van der Waals surface area contributed by atoms with E-state index in [0.29, 0.717) is 6.61 Å². The maximum atomic E-state index is 12.4. The SMILES string of the molecule is CC(C(=O)N[C@H]1CCO[C@@H]1c1nccn1C)c1cccs1. The van der Waals surface area contributed by atoms with Gasteiger partial charge in [-0.2, -0.15) is 0 Å². The third kappa shape index (κ3) is 2.87. The fraction of sp³-hybridized carbons (Fsp3) is 0.467. The lowest BCUT2D eigenvalue weighted by atomic mass is 10.1. The lowest BCUT2D eigenvalue weighted by Gasteiger charge is -2.21. The van der Waals surface area contributed by atoms with Gasteiger partial charge in [0.05, 0.1) is 12.0 Å². The van der Waals surface area contributed by atoms with Gasteiger partial charge in [0.15, 0.2) is 0 Å². The lowest BCUT2D eigenvalue weighted by molar-refractivity contribution is -0.123. The standard InChI is InChI=1S/C15H19N3O2S/c1-10(12-4-3-9-21-12)15(19)17-11-5-8-20-13(11)14-16-6-7-18(14)2/h3-4,6-7,9-11,13H,5,8H2,1-2H3,(H,17,19)/t10?,11-,13-/m0/s1. The summed E-state index contributed by atoms with van der Waals surface area (Å²) in [7, 11) is 1.94. The minimum atomic E-state index is -0.163. The number of imidazole rings is 1. The van der Waals surface area contributed by atoms with Crippen LogP contribution in [0, 0.1) is 0 Å². The summed E-state index contributed by atoms with van der Waals surface area (Å²) in [6, 6.07) is 3.95. The second kappa shape index (κ2) is 5.99. The number of nitrogens with one attached hydrogen (secondary N) is 1. The Bertz CT molecular complexity index is 608. The Balaban J connectivity index is 1.69. The largest absolute Gasteiger partial charge is 0.368 e.